The van der Waals surface area contributed by atoms with E-state index >= 15 is 0 Å². The molecule has 0 unspecified atom stereocenters. The summed E-state index contributed by atoms with van der Waals surface area (Å²) in [7, 11) is -2.79. The summed E-state index contributed by atoms with van der Waals surface area (Å²) in [6, 6.07) is 0. The second kappa shape index (κ2) is 2.34. The summed E-state index contributed by atoms with van der Waals surface area (Å²) in [4.78, 5) is 0.981. The first-order chi connectivity index (χ1) is 4.14. The van der Waals surface area contributed by atoms with E-state index in [1.807, 2.05) is 6.26 Å². The summed E-state index contributed by atoms with van der Waals surface area (Å²) in [6.45, 7) is 0. The largest absolute Gasteiger partial charge is 0.224 e. The zero-order valence-electron chi connectivity index (χ0n) is 5.12. The molecule has 0 aromatic carbocycles. The molecule has 0 radical (unpaired) electrons. The van der Waals surface area contributed by atoms with Gasteiger partial charge in [0.05, 0.1) is 5.75 Å². The Hall–Kier alpha value is 0.0400. The molecule has 0 aliphatic carbocycles. The molecule has 2 nitrogen and oxygen atoms in total. The summed E-state index contributed by atoms with van der Waals surface area (Å²) < 4.78 is 21.4. The molecular formula is C5H8O2S2. The fourth-order valence-corrected chi connectivity index (χ4v) is 3.11. The standard InChI is InChI=1S/C5H8O2S2/c1-8-5-2-3-9(6,7)4-5/h4H,2-3H2,1H3. The monoisotopic (exact) mass is 164 g/mol. The normalized spacial score (nSPS) is 23.9. The molecule has 4 heteroatoms. The van der Waals surface area contributed by atoms with Gasteiger partial charge in [-0.15, -0.1) is 11.8 Å². The van der Waals surface area contributed by atoms with E-state index in [9.17, 15) is 8.42 Å². The van der Waals surface area contributed by atoms with Crippen LogP contribution in [0.3, 0.4) is 0 Å². The topological polar surface area (TPSA) is 34.1 Å². The van der Waals surface area contributed by atoms with Gasteiger partial charge in [-0.1, -0.05) is 0 Å². The van der Waals surface area contributed by atoms with Crippen LogP contribution in [0.2, 0.25) is 0 Å². The van der Waals surface area contributed by atoms with E-state index in [2.05, 4.69) is 0 Å². The second-order valence-corrected chi connectivity index (χ2v) is 4.81. The van der Waals surface area contributed by atoms with Crippen molar-refractivity contribution >= 4 is 21.6 Å². The van der Waals surface area contributed by atoms with Gasteiger partial charge in [-0.2, -0.15) is 0 Å². The molecule has 1 heterocycles. The highest BCUT2D eigenvalue weighted by atomic mass is 32.2. The van der Waals surface area contributed by atoms with Crippen molar-refractivity contribution < 1.29 is 8.42 Å². The van der Waals surface area contributed by atoms with E-state index < -0.39 is 9.84 Å². The summed E-state index contributed by atoms with van der Waals surface area (Å²) in [5.41, 5.74) is 0. The van der Waals surface area contributed by atoms with Crippen molar-refractivity contribution in [3.8, 4) is 0 Å². The minimum absolute atomic E-state index is 0.309. The first-order valence-electron chi connectivity index (χ1n) is 2.61. The second-order valence-electron chi connectivity index (χ2n) is 1.91. The lowest BCUT2D eigenvalue weighted by Gasteiger charge is -1.86. The predicted molar refractivity (Wildman–Crippen MR) is 40.0 cm³/mol. The Labute approximate surface area is 59.3 Å². The van der Waals surface area contributed by atoms with Crippen LogP contribution in [-0.4, -0.2) is 20.4 Å². The van der Waals surface area contributed by atoms with Crippen molar-refractivity contribution in [3.63, 3.8) is 0 Å². The molecule has 0 bridgehead atoms. The Kier molecular flexibility index (Phi) is 1.86. The molecule has 0 amide bonds. The number of sulfone groups is 1. The van der Waals surface area contributed by atoms with E-state index in [-0.39, 0.29) is 0 Å². The number of rotatable bonds is 1. The zero-order chi connectivity index (χ0) is 6.91. The SMILES string of the molecule is CSC1=CS(=O)(=O)CC1. The lowest BCUT2D eigenvalue weighted by atomic mass is 10.5. The molecule has 0 aromatic rings. The van der Waals surface area contributed by atoms with Crippen LogP contribution < -0.4 is 0 Å². The molecule has 0 atom stereocenters. The zero-order valence-corrected chi connectivity index (χ0v) is 6.76. The van der Waals surface area contributed by atoms with Gasteiger partial charge in [0.1, 0.15) is 0 Å². The van der Waals surface area contributed by atoms with Gasteiger partial charge in [-0.25, -0.2) is 8.42 Å². The van der Waals surface area contributed by atoms with Crippen molar-refractivity contribution in [1.29, 1.82) is 0 Å². The van der Waals surface area contributed by atoms with Crippen LogP contribution in [0.15, 0.2) is 10.3 Å². The minimum Gasteiger partial charge on any atom is -0.224 e. The van der Waals surface area contributed by atoms with E-state index in [0.29, 0.717) is 12.2 Å². The van der Waals surface area contributed by atoms with Crippen molar-refractivity contribution in [1.82, 2.24) is 0 Å². The highest BCUT2D eigenvalue weighted by Gasteiger charge is 2.16. The Bertz CT molecular complexity index is 225. The van der Waals surface area contributed by atoms with Crippen LogP contribution in [-0.2, 0) is 9.84 Å². The van der Waals surface area contributed by atoms with E-state index in [1.54, 1.807) is 0 Å². The van der Waals surface area contributed by atoms with Gasteiger partial charge in [0.25, 0.3) is 0 Å². The van der Waals surface area contributed by atoms with Crippen molar-refractivity contribution in [2.75, 3.05) is 12.0 Å². The molecule has 1 rings (SSSR count). The molecule has 0 N–H and O–H groups in total. The minimum atomic E-state index is -2.79. The third-order valence-corrected chi connectivity index (χ3v) is 3.62. The van der Waals surface area contributed by atoms with Crippen molar-refractivity contribution in [3.05, 3.63) is 10.3 Å². The molecular weight excluding hydrogens is 156 g/mol. The molecule has 0 fully saturated rings. The summed E-state index contributed by atoms with van der Waals surface area (Å²) in [6.07, 6.45) is 2.61. The lowest BCUT2D eigenvalue weighted by molar-refractivity contribution is 0.606. The maximum Gasteiger partial charge on any atom is 0.172 e. The molecule has 0 saturated carbocycles. The average molecular weight is 164 g/mol. The fourth-order valence-electron chi connectivity index (χ4n) is 0.711. The molecule has 0 spiro atoms. The van der Waals surface area contributed by atoms with Crippen LogP contribution in [0.4, 0.5) is 0 Å². The maximum atomic E-state index is 10.7. The Morgan fingerprint density at radius 3 is 2.56 bits per heavy atom. The van der Waals surface area contributed by atoms with Gasteiger partial charge < -0.3 is 0 Å². The molecule has 0 aromatic heterocycles. The van der Waals surface area contributed by atoms with Gasteiger partial charge >= 0.3 is 0 Å². The first-order valence-corrected chi connectivity index (χ1v) is 5.55. The van der Waals surface area contributed by atoms with Gasteiger partial charge in [0, 0.05) is 5.41 Å². The maximum absolute atomic E-state index is 10.7. The van der Waals surface area contributed by atoms with Crippen LogP contribution in [0, 0.1) is 0 Å². The van der Waals surface area contributed by atoms with Crippen LogP contribution >= 0.6 is 11.8 Å². The first kappa shape index (κ1) is 7.15. The number of allylic oxidation sites excluding steroid dienone is 1. The molecule has 0 saturated heterocycles. The molecule has 52 valence electrons. The van der Waals surface area contributed by atoms with Gasteiger partial charge in [0.15, 0.2) is 9.84 Å². The summed E-state index contributed by atoms with van der Waals surface area (Å²) in [5.74, 6) is 0.309. The number of thioether (sulfide) groups is 1. The summed E-state index contributed by atoms with van der Waals surface area (Å²) >= 11 is 1.52. The van der Waals surface area contributed by atoms with Crippen molar-refractivity contribution in [2.24, 2.45) is 0 Å². The molecule has 1 aliphatic rings. The fraction of sp³-hybridized carbons (Fsp3) is 0.600. The highest BCUT2D eigenvalue weighted by molar-refractivity contribution is 8.04. The lowest BCUT2D eigenvalue weighted by Crippen LogP contribution is -1.92. The number of hydrogen-bond donors (Lipinski definition) is 0. The van der Waals surface area contributed by atoms with Gasteiger partial charge in [0.2, 0.25) is 0 Å². The Morgan fingerprint density at radius 2 is 2.33 bits per heavy atom. The third kappa shape index (κ3) is 1.72. The van der Waals surface area contributed by atoms with Crippen molar-refractivity contribution in [2.45, 2.75) is 6.42 Å². The third-order valence-electron chi connectivity index (χ3n) is 1.21. The van der Waals surface area contributed by atoms with E-state index in [0.717, 1.165) is 4.91 Å². The van der Waals surface area contributed by atoms with Crippen LogP contribution in [0.1, 0.15) is 6.42 Å². The highest BCUT2D eigenvalue weighted by Crippen LogP contribution is 2.24. The summed E-state index contributed by atoms with van der Waals surface area (Å²) in [5, 5.41) is 1.37. The predicted octanol–water partition coefficient (Wildman–Crippen LogP) is 1.01. The van der Waals surface area contributed by atoms with Crippen LogP contribution in [0.25, 0.3) is 0 Å². The molecule has 9 heavy (non-hydrogen) atoms. The van der Waals surface area contributed by atoms with Crippen LogP contribution in [0.5, 0.6) is 0 Å². The quantitative estimate of drug-likeness (QED) is 0.580. The average Bonchev–Trinajstić information content (AvgIpc) is 2.10. The Morgan fingerprint density at radius 1 is 1.67 bits per heavy atom. The Balaban J connectivity index is 2.85. The number of hydrogen-bond acceptors (Lipinski definition) is 3. The smallest absolute Gasteiger partial charge is 0.172 e. The van der Waals surface area contributed by atoms with E-state index in [1.165, 1.54) is 17.2 Å². The van der Waals surface area contributed by atoms with Gasteiger partial charge in [-0.3, -0.25) is 0 Å². The van der Waals surface area contributed by atoms with Gasteiger partial charge in [-0.05, 0) is 17.6 Å². The molecule has 1 aliphatic heterocycles. The van der Waals surface area contributed by atoms with E-state index in [4.69, 9.17) is 0 Å².